The number of amides is 1. The van der Waals surface area contributed by atoms with E-state index in [1.54, 1.807) is 13.8 Å². The first-order valence-corrected chi connectivity index (χ1v) is 5.40. The summed E-state index contributed by atoms with van der Waals surface area (Å²) in [6, 6.07) is 2.51. The van der Waals surface area contributed by atoms with Crippen LogP contribution in [-0.4, -0.2) is 12.5 Å². The molecule has 1 aromatic carbocycles. The first kappa shape index (κ1) is 13.6. The highest BCUT2D eigenvalue weighted by molar-refractivity contribution is 6.31. The van der Waals surface area contributed by atoms with Crippen LogP contribution in [0.4, 0.5) is 15.8 Å². The highest BCUT2D eigenvalue weighted by atomic mass is 35.5. The van der Waals surface area contributed by atoms with E-state index >= 15 is 0 Å². The maximum absolute atomic E-state index is 13.2. The van der Waals surface area contributed by atoms with Gasteiger partial charge in [0.2, 0.25) is 5.91 Å². The lowest BCUT2D eigenvalue weighted by Crippen LogP contribution is -2.37. The first-order chi connectivity index (χ1) is 7.74. The molecular weight excluding hydrogens is 245 g/mol. The molecule has 94 valence electrons. The normalized spacial score (nSPS) is 11.3. The van der Waals surface area contributed by atoms with Crippen molar-refractivity contribution in [3.05, 3.63) is 23.0 Å². The van der Waals surface area contributed by atoms with Crippen molar-refractivity contribution in [2.24, 2.45) is 11.1 Å². The van der Waals surface area contributed by atoms with Gasteiger partial charge in [0.1, 0.15) is 5.82 Å². The van der Waals surface area contributed by atoms with E-state index in [9.17, 15) is 9.18 Å². The third kappa shape index (κ3) is 3.23. The van der Waals surface area contributed by atoms with Gasteiger partial charge in [0, 0.05) is 12.6 Å². The fraction of sp³-hybridized carbons (Fsp3) is 0.364. The molecule has 17 heavy (non-hydrogen) atoms. The number of nitrogen functional groups attached to an aromatic ring is 1. The molecule has 0 aliphatic carbocycles. The van der Waals surface area contributed by atoms with Crippen molar-refractivity contribution in [2.75, 3.05) is 17.6 Å². The minimum absolute atomic E-state index is 0.0396. The van der Waals surface area contributed by atoms with E-state index in [-0.39, 0.29) is 11.6 Å². The summed E-state index contributed by atoms with van der Waals surface area (Å²) in [5.41, 5.74) is 10.8. The Morgan fingerprint density at radius 1 is 1.53 bits per heavy atom. The van der Waals surface area contributed by atoms with Crippen LogP contribution in [0, 0.1) is 11.2 Å². The zero-order valence-electron chi connectivity index (χ0n) is 9.68. The molecule has 0 radical (unpaired) electrons. The highest BCUT2D eigenvalue weighted by Crippen LogP contribution is 2.27. The predicted octanol–water partition coefficient (Wildman–Crippen LogP) is 1.98. The van der Waals surface area contributed by atoms with Gasteiger partial charge in [0.25, 0.3) is 0 Å². The average molecular weight is 260 g/mol. The SMILES string of the molecule is CC(C)(CNc1cc(F)c(Cl)cc1N)C(N)=O. The standard InChI is InChI=1S/C11H15ClFN3O/c1-11(2,10(15)17)5-16-9-4-7(13)6(12)3-8(9)14/h3-4,16H,5,14H2,1-2H3,(H2,15,17). The lowest BCUT2D eigenvalue weighted by Gasteiger charge is -2.22. The third-order valence-corrected chi connectivity index (χ3v) is 2.77. The fourth-order valence-electron chi connectivity index (χ4n) is 1.12. The van der Waals surface area contributed by atoms with Crippen LogP contribution in [0.5, 0.6) is 0 Å². The number of carbonyl (C=O) groups is 1. The number of nitrogens with two attached hydrogens (primary N) is 2. The Labute approximate surface area is 104 Å². The topological polar surface area (TPSA) is 81.1 Å². The first-order valence-electron chi connectivity index (χ1n) is 5.02. The van der Waals surface area contributed by atoms with Crippen LogP contribution in [0.25, 0.3) is 0 Å². The molecule has 4 nitrogen and oxygen atoms in total. The third-order valence-electron chi connectivity index (χ3n) is 2.48. The summed E-state index contributed by atoms with van der Waals surface area (Å²) in [6.45, 7) is 3.63. The Balaban J connectivity index is 2.83. The Hall–Kier alpha value is -1.49. The second-order valence-electron chi connectivity index (χ2n) is 4.46. The molecule has 0 saturated heterocycles. The van der Waals surface area contributed by atoms with Crippen molar-refractivity contribution in [3.8, 4) is 0 Å². The van der Waals surface area contributed by atoms with Gasteiger partial charge in [0.15, 0.2) is 0 Å². The van der Waals surface area contributed by atoms with Crippen LogP contribution >= 0.6 is 11.6 Å². The van der Waals surface area contributed by atoms with E-state index in [4.69, 9.17) is 23.1 Å². The quantitative estimate of drug-likeness (QED) is 0.723. The van der Waals surface area contributed by atoms with Gasteiger partial charge in [0.05, 0.1) is 21.8 Å². The lowest BCUT2D eigenvalue weighted by atomic mass is 9.92. The maximum atomic E-state index is 13.2. The number of halogens is 2. The molecule has 1 aromatic rings. The summed E-state index contributed by atoms with van der Waals surface area (Å²) >= 11 is 5.57. The second-order valence-corrected chi connectivity index (χ2v) is 4.86. The lowest BCUT2D eigenvalue weighted by molar-refractivity contribution is -0.125. The molecule has 0 heterocycles. The van der Waals surface area contributed by atoms with Crippen molar-refractivity contribution in [1.82, 2.24) is 0 Å². The van der Waals surface area contributed by atoms with Crippen molar-refractivity contribution in [3.63, 3.8) is 0 Å². The van der Waals surface area contributed by atoms with Crippen LogP contribution < -0.4 is 16.8 Å². The number of hydrogen-bond donors (Lipinski definition) is 3. The predicted molar refractivity (Wildman–Crippen MR) is 67.3 cm³/mol. The molecule has 0 aromatic heterocycles. The number of nitrogens with one attached hydrogen (secondary N) is 1. The monoisotopic (exact) mass is 259 g/mol. The van der Waals surface area contributed by atoms with E-state index in [0.29, 0.717) is 11.4 Å². The summed E-state index contributed by atoms with van der Waals surface area (Å²) in [7, 11) is 0. The van der Waals surface area contributed by atoms with Crippen LogP contribution in [0.1, 0.15) is 13.8 Å². The van der Waals surface area contributed by atoms with Gasteiger partial charge in [-0.25, -0.2) is 4.39 Å². The van der Waals surface area contributed by atoms with Crippen molar-refractivity contribution in [2.45, 2.75) is 13.8 Å². The van der Waals surface area contributed by atoms with Gasteiger partial charge in [-0.05, 0) is 19.9 Å². The van der Waals surface area contributed by atoms with Gasteiger partial charge in [-0.15, -0.1) is 0 Å². The van der Waals surface area contributed by atoms with Crippen molar-refractivity contribution in [1.29, 1.82) is 0 Å². The van der Waals surface area contributed by atoms with Crippen LogP contribution in [-0.2, 0) is 4.79 Å². The van der Waals surface area contributed by atoms with Crippen LogP contribution in [0.2, 0.25) is 5.02 Å². The fourth-order valence-corrected chi connectivity index (χ4v) is 1.29. The number of rotatable bonds is 4. The molecule has 0 bridgehead atoms. The Kier molecular flexibility index (Phi) is 3.83. The zero-order chi connectivity index (χ0) is 13.2. The van der Waals surface area contributed by atoms with Gasteiger partial charge in [-0.1, -0.05) is 11.6 Å². The van der Waals surface area contributed by atoms with Crippen molar-refractivity contribution >= 4 is 28.9 Å². The van der Waals surface area contributed by atoms with E-state index in [1.165, 1.54) is 12.1 Å². The zero-order valence-corrected chi connectivity index (χ0v) is 10.4. The Morgan fingerprint density at radius 3 is 2.65 bits per heavy atom. The average Bonchev–Trinajstić information content (AvgIpc) is 2.21. The second kappa shape index (κ2) is 4.79. The smallest absolute Gasteiger partial charge is 0.224 e. The van der Waals surface area contributed by atoms with E-state index < -0.39 is 17.1 Å². The molecule has 5 N–H and O–H groups in total. The number of hydrogen-bond acceptors (Lipinski definition) is 3. The Bertz CT molecular complexity index is 449. The summed E-state index contributed by atoms with van der Waals surface area (Å²) in [4.78, 5) is 11.1. The number of anilines is 2. The molecule has 1 amide bonds. The number of carbonyl (C=O) groups excluding carboxylic acids is 1. The molecule has 0 saturated carbocycles. The summed E-state index contributed by atoms with van der Waals surface area (Å²) in [5.74, 6) is -1.02. The maximum Gasteiger partial charge on any atom is 0.224 e. The van der Waals surface area contributed by atoms with Crippen LogP contribution in [0.15, 0.2) is 12.1 Å². The molecule has 0 unspecified atom stereocenters. The van der Waals surface area contributed by atoms with E-state index in [2.05, 4.69) is 5.32 Å². The van der Waals surface area contributed by atoms with Crippen molar-refractivity contribution < 1.29 is 9.18 Å². The molecule has 0 atom stereocenters. The summed E-state index contributed by atoms with van der Waals surface area (Å²) in [6.07, 6.45) is 0. The molecule has 0 fully saturated rings. The number of primary amides is 1. The highest BCUT2D eigenvalue weighted by Gasteiger charge is 2.24. The molecule has 0 aliphatic rings. The van der Waals surface area contributed by atoms with Crippen LogP contribution in [0.3, 0.4) is 0 Å². The van der Waals surface area contributed by atoms with Gasteiger partial charge in [-0.2, -0.15) is 0 Å². The molecule has 1 rings (SSSR count). The summed E-state index contributed by atoms with van der Waals surface area (Å²) in [5, 5.41) is 2.84. The minimum atomic E-state index is -0.747. The van der Waals surface area contributed by atoms with Gasteiger partial charge < -0.3 is 16.8 Å². The molecule has 6 heteroatoms. The van der Waals surface area contributed by atoms with E-state index in [1.807, 2.05) is 0 Å². The summed E-state index contributed by atoms with van der Waals surface area (Å²) < 4.78 is 13.2. The largest absolute Gasteiger partial charge is 0.397 e. The molecular formula is C11H15ClFN3O. The van der Waals surface area contributed by atoms with Gasteiger partial charge in [-0.3, -0.25) is 4.79 Å². The molecule has 0 aliphatic heterocycles. The number of benzene rings is 1. The molecule has 0 spiro atoms. The van der Waals surface area contributed by atoms with E-state index in [0.717, 1.165) is 0 Å². The minimum Gasteiger partial charge on any atom is -0.397 e. The Morgan fingerprint density at radius 2 is 2.12 bits per heavy atom. The van der Waals surface area contributed by atoms with Gasteiger partial charge >= 0.3 is 0 Å².